The van der Waals surface area contributed by atoms with Crippen molar-refractivity contribution in [3.8, 4) is 0 Å². The molecule has 26 heavy (non-hydrogen) atoms. The number of hydrogen-bond donors (Lipinski definition) is 0. The number of fused-ring (bicyclic) bond motifs is 1. The fourth-order valence-corrected chi connectivity index (χ4v) is 3.75. The van der Waals surface area contributed by atoms with Crippen molar-refractivity contribution in [3.05, 3.63) is 59.4 Å². The van der Waals surface area contributed by atoms with Crippen LogP contribution in [0.25, 0.3) is 11.0 Å². The summed E-state index contributed by atoms with van der Waals surface area (Å²) in [5.41, 5.74) is 4.01. The van der Waals surface area contributed by atoms with E-state index in [0.29, 0.717) is 6.42 Å². The average molecular weight is 349 g/mol. The summed E-state index contributed by atoms with van der Waals surface area (Å²) < 4.78 is 5.63. The number of benzene rings is 1. The quantitative estimate of drug-likeness (QED) is 0.722. The van der Waals surface area contributed by atoms with Crippen molar-refractivity contribution in [1.82, 2.24) is 14.9 Å². The number of likely N-dealkylation sites (tertiary alicyclic amines) is 1. The van der Waals surface area contributed by atoms with Crippen molar-refractivity contribution in [1.29, 1.82) is 0 Å². The molecule has 134 valence electrons. The van der Waals surface area contributed by atoms with Gasteiger partial charge >= 0.3 is 0 Å². The van der Waals surface area contributed by atoms with E-state index in [1.807, 2.05) is 36.9 Å². The summed E-state index contributed by atoms with van der Waals surface area (Å²) in [5.74, 6) is 1.23. The molecule has 1 fully saturated rings. The van der Waals surface area contributed by atoms with E-state index in [2.05, 4.69) is 16.0 Å². The van der Waals surface area contributed by atoms with Gasteiger partial charge in [-0.05, 0) is 44.4 Å². The van der Waals surface area contributed by atoms with Gasteiger partial charge < -0.3 is 9.32 Å². The van der Waals surface area contributed by atoms with Crippen molar-refractivity contribution >= 4 is 16.9 Å². The van der Waals surface area contributed by atoms with Crippen LogP contribution in [0.4, 0.5) is 0 Å². The van der Waals surface area contributed by atoms with E-state index in [0.717, 1.165) is 59.5 Å². The summed E-state index contributed by atoms with van der Waals surface area (Å²) in [6.07, 6.45) is 5.97. The molecule has 1 amide bonds. The van der Waals surface area contributed by atoms with Crippen LogP contribution in [0.15, 0.2) is 41.1 Å². The van der Waals surface area contributed by atoms with Gasteiger partial charge in [-0.1, -0.05) is 12.1 Å². The number of carbonyl (C=O) groups is 1. The van der Waals surface area contributed by atoms with Gasteiger partial charge in [0.25, 0.3) is 0 Å². The standard InChI is InChI=1S/C21H23N3O2/c1-14-5-6-18-17(13-26-20(18)10-14)11-21(25)24-9-3-4-16(12-24)19-7-8-22-15(2)23-19/h5-8,10,13,16H,3-4,9,11-12H2,1-2H3/t16-/m1/s1. The molecule has 5 heteroatoms. The summed E-state index contributed by atoms with van der Waals surface area (Å²) in [7, 11) is 0. The Labute approximate surface area is 153 Å². The number of aromatic nitrogens is 2. The summed E-state index contributed by atoms with van der Waals surface area (Å²) in [5, 5.41) is 1.03. The van der Waals surface area contributed by atoms with Crippen molar-refractivity contribution in [3.63, 3.8) is 0 Å². The predicted octanol–water partition coefficient (Wildman–Crippen LogP) is 3.79. The van der Waals surface area contributed by atoms with Gasteiger partial charge in [0.05, 0.1) is 12.7 Å². The van der Waals surface area contributed by atoms with E-state index < -0.39 is 0 Å². The van der Waals surface area contributed by atoms with E-state index in [-0.39, 0.29) is 11.8 Å². The first-order valence-electron chi connectivity index (χ1n) is 9.14. The van der Waals surface area contributed by atoms with Gasteiger partial charge in [-0.15, -0.1) is 0 Å². The van der Waals surface area contributed by atoms with Crippen molar-refractivity contribution in [2.24, 2.45) is 0 Å². The van der Waals surface area contributed by atoms with Crippen LogP contribution in [-0.2, 0) is 11.2 Å². The molecule has 1 aliphatic rings. The van der Waals surface area contributed by atoms with Gasteiger partial charge in [-0.2, -0.15) is 0 Å². The number of carbonyl (C=O) groups excluding carboxylic acids is 1. The van der Waals surface area contributed by atoms with Crippen LogP contribution in [0, 0.1) is 13.8 Å². The molecule has 0 unspecified atom stereocenters. The zero-order chi connectivity index (χ0) is 18.1. The molecule has 1 aromatic carbocycles. The largest absolute Gasteiger partial charge is 0.464 e. The second-order valence-electron chi connectivity index (χ2n) is 7.14. The second-order valence-corrected chi connectivity index (χ2v) is 7.14. The Morgan fingerprint density at radius 3 is 3.04 bits per heavy atom. The van der Waals surface area contributed by atoms with E-state index in [4.69, 9.17) is 4.42 Å². The Hall–Kier alpha value is -2.69. The smallest absolute Gasteiger partial charge is 0.227 e. The molecular weight excluding hydrogens is 326 g/mol. The minimum atomic E-state index is 0.156. The third kappa shape index (κ3) is 3.34. The molecule has 3 heterocycles. The average Bonchev–Trinajstić information content (AvgIpc) is 3.03. The molecule has 0 saturated carbocycles. The fraction of sp³-hybridized carbons (Fsp3) is 0.381. The molecule has 0 N–H and O–H groups in total. The highest BCUT2D eigenvalue weighted by atomic mass is 16.3. The number of piperidine rings is 1. The molecular formula is C21H23N3O2. The van der Waals surface area contributed by atoms with Crippen LogP contribution in [-0.4, -0.2) is 33.9 Å². The molecule has 5 nitrogen and oxygen atoms in total. The van der Waals surface area contributed by atoms with Gasteiger partial charge in [0.2, 0.25) is 5.91 Å². The van der Waals surface area contributed by atoms with Crippen LogP contribution in [0.1, 0.15) is 41.4 Å². The Kier molecular flexibility index (Phi) is 4.45. The Balaban J connectivity index is 1.49. The molecule has 1 aliphatic heterocycles. The highest BCUT2D eigenvalue weighted by Gasteiger charge is 2.26. The SMILES string of the molecule is Cc1ccc2c(CC(=O)N3CCC[C@@H](c4ccnc(C)n4)C3)coc2c1. The second kappa shape index (κ2) is 6.90. The number of aryl methyl sites for hydroxylation is 2. The van der Waals surface area contributed by atoms with Crippen molar-refractivity contribution in [2.75, 3.05) is 13.1 Å². The lowest BCUT2D eigenvalue weighted by atomic mass is 9.94. The normalized spacial score (nSPS) is 17.6. The van der Waals surface area contributed by atoms with Crippen molar-refractivity contribution < 1.29 is 9.21 Å². The molecule has 2 aromatic heterocycles. The number of amides is 1. The third-order valence-electron chi connectivity index (χ3n) is 5.14. The van der Waals surface area contributed by atoms with Gasteiger partial charge in [0, 0.05) is 41.8 Å². The maximum atomic E-state index is 12.9. The van der Waals surface area contributed by atoms with Crippen LogP contribution in [0.2, 0.25) is 0 Å². The number of nitrogens with zero attached hydrogens (tertiary/aromatic N) is 3. The van der Waals surface area contributed by atoms with Gasteiger partial charge in [-0.25, -0.2) is 9.97 Å². The summed E-state index contributed by atoms with van der Waals surface area (Å²) >= 11 is 0. The first kappa shape index (κ1) is 16.8. The minimum Gasteiger partial charge on any atom is -0.464 e. The maximum absolute atomic E-state index is 12.9. The molecule has 4 rings (SSSR count). The molecule has 0 spiro atoms. The molecule has 1 atom stereocenters. The topological polar surface area (TPSA) is 59.2 Å². The molecule has 3 aromatic rings. The van der Waals surface area contributed by atoms with Gasteiger partial charge in [0.15, 0.2) is 0 Å². The zero-order valence-corrected chi connectivity index (χ0v) is 15.2. The highest BCUT2D eigenvalue weighted by molar-refractivity contribution is 5.88. The lowest BCUT2D eigenvalue weighted by Gasteiger charge is -2.32. The summed E-state index contributed by atoms with van der Waals surface area (Å²) in [6.45, 7) is 5.48. The predicted molar refractivity (Wildman–Crippen MR) is 100.0 cm³/mol. The van der Waals surface area contributed by atoms with Crippen LogP contribution >= 0.6 is 0 Å². The Morgan fingerprint density at radius 1 is 1.31 bits per heavy atom. The first-order valence-corrected chi connectivity index (χ1v) is 9.14. The Bertz CT molecular complexity index is 947. The van der Waals surface area contributed by atoms with Gasteiger partial charge in [0.1, 0.15) is 11.4 Å². The maximum Gasteiger partial charge on any atom is 0.227 e. The number of hydrogen-bond acceptors (Lipinski definition) is 4. The lowest BCUT2D eigenvalue weighted by molar-refractivity contribution is -0.131. The van der Waals surface area contributed by atoms with Gasteiger partial charge in [-0.3, -0.25) is 4.79 Å². The van der Waals surface area contributed by atoms with Crippen molar-refractivity contribution in [2.45, 2.75) is 39.0 Å². The molecule has 0 aliphatic carbocycles. The van der Waals surface area contributed by atoms with Crippen LogP contribution in [0.5, 0.6) is 0 Å². The van der Waals surface area contributed by atoms with E-state index >= 15 is 0 Å². The molecule has 0 bridgehead atoms. The lowest BCUT2D eigenvalue weighted by Crippen LogP contribution is -2.40. The fourth-order valence-electron chi connectivity index (χ4n) is 3.75. The first-order chi connectivity index (χ1) is 12.6. The van der Waals surface area contributed by atoms with E-state index in [1.54, 1.807) is 12.5 Å². The number of rotatable bonds is 3. The monoisotopic (exact) mass is 349 g/mol. The summed E-state index contributed by atoms with van der Waals surface area (Å²) in [4.78, 5) is 23.6. The molecule has 0 radical (unpaired) electrons. The zero-order valence-electron chi connectivity index (χ0n) is 15.2. The highest BCUT2D eigenvalue weighted by Crippen LogP contribution is 2.27. The van der Waals surface area contributed by atoms with E-state index in [9.17, 15) is 4.79 Å². The number of furan rings is 1. The minimum absolute atomic E-state index is 0.156. The molecule has 1 saturated heterocycles. The summed E-state index contributed by atoms with van der Waals surface area (Å²) in [6, 6.07) is 8.08. The Morgan fingerprint density at radius 2 is 2.19 bits per heavy atom. The van der Waals surface area contributed by atoms with Crippen LogP contribution in [0.3, 0.4) is 0 Å². The van der Waals surface area contributed by atoms with Crippen LogP contribution < -0.4 is 0 Å². The third-order valence-corrected chi connectivity index (χ3v) is 5.14. The van der Waals surface area contributed by atoms with E-state index in [1.165, 1.54) is 0 Å².